The molecule has 90 valence electrons. The molecule has 0 aliphatic carbocycles. The van der Waals surface area contributed by atoms with Crippen LogP contribution in [0.5, 0.6) is 5.75 Å². The van der Waals surface area contributed by atoms with Gasteiger partial charge in [-0.25, -0.2) is 4.39 Å². The predicted molar refractivity (Wildman–Crippen MR) is 72.7 cm³/mol. The SMILES string of the molecule is COc1ccc(C(Cl)c2sccc2Br)cc1F. The molecule has 1 heterocycles. The van der Waals surface area contributed by atoms with Gasteiger partial charge in [0, 0.05) is 9.35 Å². The molecule has 0 fully saturated rings. The molecule has 1 nitrogen and oxygen atoms in total. The number of ether oxygens (including phenoxy) is 1. The van der Waals surface area contributed by atoms with Gasteiger partial charge in [0.05, 0.1) is 12.5 Å². The van der Waals surface area contributed by atoms with Gasteiger partial charge in [0.2, 0.25) is 0 Å². The molecule has 0 amide bonds. The average molecular weight is 336 g/mol. The highest BCUT2D eigenvalue weighted by atomic mass is 79.9. The molecule has 1 atom stereocenters. The Morgan fingerprint density at radius 1 is 1.41 bits per heavy atom. The maximum absolute atomic E-state index is 13.6. The van der Waals surface area contributed by atoms with Gasteiger partial charge in [0.1, 0.15) is 0 Å². The summed E-state index contributed by atoms with van der Waals surface area (Å²) in [6.07, 6.45) is 0. The molecule has 0 saturated carbocycles. The molecule has 0 aliphatic rings. The van der Waals surface area contributed by atoms with Crippen LogP contribution in [-0.4, -0.2) is 7.11 Å². The van der Waals surface area contributed by atoms with Gasteiger partial charge in [-0.3, -0.25) is 0 Å². The average Bonchev–Trinajstić information content (AvgIpc) is 2.74. The topological polar surface area (TPSA) is 9.23 Å². The van der Waals surface area contributed by atoms with E-state index >= 15 is 0 Å². The lowest BCUT2D eigenvalue weighted by Crippen LogP contribution is -1.94. The lowest BCUT2D eigenvalue weighted by molar-refractivity contribution is 0.386. The van der Waals surface area contributed by atoms with Crippen molar-refractivity contribution in [3.8, 4) is 5.75 Å². The molecular weight excluding hydrogens is 327 g/mol. The lowest BCUT2D eigenvalue weighted by Gasteiger charge is -2.10. The first kappa shape index (κ1) is 12.9. The Kier molecular flexibility index (Phi) is 4.07. The number of methoxy groups -OCH3 is 1. The fraction of sp³-hybridized carbons (Fsp3) is 0.167. The first-order valence-corrected chi connectivity index (χ1v) is 6.94. The third-order valence-corrected chi connectivity index (χ3v) is 4.88. The van der Waals surface area contributed by atoms with Crippen molar-refractivity contribution in [2.75, 3.05) is 7.11 Å². The van der Waals surface area contributed by atoms with Crippen molar-refractivity contribution in [2.24, 2.45) is 0 Å². The Hall–Kier alpha value is -0.580. The first-order valence-electron chi connectivity index (χ1n) is 4.84. The second-order valence-electron chi connectivity index (χ2n) is 3.39. The standard InChI is InChI=1S/C12H9BrClFOS/c1-16-10-3-2-7(6-9(10)15)11(14)12-8(13)4-5-17-12/h2-6,11H,1H3. The Morgan fingerprint density at radius 2 is 2.18 bits per heavy atom. The molecule has 0 aliphatic heterocycles. The van der Waals surface area contributed by atoms with Crippen molar-refractivity contribution >= 4 is 38.9 Å². The van der Waals surface area contributed by atoms with Crippen LogP contribution in [-0.2, 0) is 0 Å². The maximum atomic E-state index is 13.6. The number of halogens is 3. The smallest absolute Gasteiger partial charge is 0.165 e. The van der Waals surface area contributed by atoms with Crippen molar-refractivity contribution in [1.82, 2.24) is 0 Å². The summed E-state index contributed by atoms with van der Waals surface area (Å²) in [7, 11) is 1.44. The van der Waals surface area contributed by atoms with Crippen molar-refractivity contribution < 1.29 is 9.13 Å². The van der Waals surface area contributed by atoms with E-state index in [1.54, 1.807) is 12.1 Å². The van der Waals surface area contributed by atoms with Crippen LogP contribution in [0.1, 0.15) is 15.8 Å². The Balaban J connectivity index is 2.35. The monoisotopic (exact) mass is 334 g/mol. The van der Waals surface area contributed by atoms with Crippen LogP contribution < -0.4 is 4.74 Å². The Morgan fingerprint density at radius 3 is 2.71 bits per heavy atom. The van der Waals surface area contributed by atoms with E-state index < -0.39 is 5.82 Å². The number of rotatable bonds is 3. The highest BCUT2D eigenvalue weighted by molar-refractivity contribution is 9.10. The molecule has 5 heteroatoms. The third kappa shape index (κ3) is 2.64. The van der Waals surface area contributed by atoms with E-state index in [-0.39, 0.29) is 11.1 Å². The van der Waals surface area contributed by atoms with E-state index in [1.807, 2.05) is 11.4 Å². The largest absolute Gasteiger partial charge is 0.494 e. The summed E-state index contributed by atoms with van der Waals surface area (Å²) in [4.78, 5) is 0.969. The van der Waals surface area contributed by atoms with Crippen LogP contribution in [0.15, 0.2) is 34.1 Å². The molecule has 0 spiro atoms. The molecule has 0 saturated heterocycles. The predicted octanol–water partition coefficient (Wildman–Crippen LogP) is 4.99. The van der Waals surface area contributed by atoms with Crippen LogP contribution in [0, 0.1) is 5.82 Å². The van der Waals surface area contributed by atoms with Gasteiger partial charge in [-0.1, -0.05) is 6.07 Å². The number of hydrogen-bond donors (Lipinski definition) is 0. The maximum Gasteiger partial charge on any atom is 0.165 e. The van der Waals surface area contributed by atoms with E-state index in [1.165, 1.54) is 24.5 Å². The first-order chi connectivity index (χ1) is 8.13. The molecule has 2 aromatic rings. The minimum Gasteiger partial charge on any atom is -0.494 e. The minimum atomic E-state index is -0.400. The third-order valence-electron chi connectivity index (χ3n) is 2.34. The van der Waals surface area contributed by atoms with Crippen LogP contribution in [0.2, 0.25) is 0 Å². The van der Waals surface area contributed by atoms with Crippen LogP contribution in [0.4, 0.5) is 4.39 Å². The zero-order valence-corrected chi connectivity index (χ0v) is 12.1. The molecule has 17 heavy (non-hydrogen) atoms. The molecule has 0 N–H and O–H groups in total. The summed E-state index contributed by atoms with van der Waals surface area (Å²) in [5.41, 5.74) is 0.716. The van der Waals surface area contributed by atoms with Crippen molar-refractivity contribution in [3.63, 3.8) is 0 Å². The van der Waals surface area contributed by atoms with E-state index in [0.29, 0.717) is 5.56 Å². The van der Waals surface area contributed by atoms with Gasteiger partial charge in [0.25, 0.3) is 0 Å². The number of alkyl halides is 1. The molecule has 1 aromatic heterocycles. The molecule has 0 bridgehead atoms. The Bertz CT molecular complexity index is 529. The summed E-state index contributed by atoms with van der Waals surface area (Å²) >= 11 is 11.3. The van der Waals surface area contributed by atoms with Crippen molar-refractivity contribution in [2.45, 2.75) is 5.38 Å². The summed E-state index contributed by atoms with van der Waals surface area (Å²) in [6, 6.07) is 6.69. The number of hydrogen-bond acceptors (Lipinski definition) is 2. The van der Waals surface area contributed by atoms with E-state index in [2.05, 4.69) is 15.9 Å². The quantitative estimate of drug-likeness (QED) is 0.718. The fourth-order valence-electron chi connectivity index (χ4n) is 1.48. The van der Waals surface area contributed by atoms with Crippen molar-refractivity contribution in [3.05, 3.63) is 50.4 Å². The second kappa shape index (κ2) is 5.38. The van der Waals surface area contributed by atoms with Gasteiger partial charge in [0.15, 0.2) is 11.6 Å². The molecular formula is C12H9BrClFOS. The number of thiophene rings is 1. The van der Waals surface area contributed by atoms with E-state index in [4.69, 9.17) is 16.3 Å². The molecule has 2 rings (SSSR count). The highest BCUT2D eigenvalue weighted by Crippen LogP contribution is 2.38. The van der Waals surface area contributed by atoms with Crippen LogP contribution >= 0.6 is 38.9 Å². The fourth-order valence-corrected chi connectivity index (χ4v) is 3.62. The zero-order chi connectivity index (χ0) is 12.4. The summed E-state index contributed by atoms with van der Waals surface area (Å²) in [5, 5.41) is 1.58. The van der Waals surface area contributed by atoms with E-state index in [9.17, 15) is 4.39 Å². The van der Waals surface area contributed by atoms with Gasteiger partial charge in [-0.2, -0.15) is 0 Å². The highest BCUT2D eigenvalue weighted by Gasteiger charge is 2.17. The number of benzene rings is 1. The van der Waals surface area contributed by atoms with Gasteiger partial charge < -0.3 is 4.74 Å². The summed E-state index contributed by atoms with van der Waals surface area (Å²) < 4.78 is 19.4. The van der Waals surface area contributed by atoms with Crippen molar-refractivity contribution in [1.29, 1.82) is 0 Å². The zero-order valence-electron chi connectivity index (χ0n) is 8.91. The normalized spacial score (nSPS) is 12.5. The van der Waals surface area contributed by atoms with Crippen LogP contribution in [0.25, 0.3) is 0 Å². The van der Waals surface area contributed by atoms with Gasteiger partial charge >= 0.3 is 0 Å². The Labute approximate surface area is 116 Å². The molecule has 0 radical (unpaired) electrons. The van der Waals surface area contributed by atoms with E-state index in [0.717, 1.165) is 9.35 Å². The minimum absolute atomic E-state index is 0.225. The van der Waals surface area contributed by atoms with Gasteiger partial charge in [-0.05, 0) is 45.1 Å². The second-order valence-corrected chi connectivity index (χ2v) is 5.63. The van der Waals surface area contributed by atoms with Gasteiger partial charge in [-0.15, -0.1) is 22.9 Å². The molecule has 1 unspecified atom stereocenters. The summed E-state index contributed by atoms with van der Waals surface area (Å²) in [6.45, 7) is 0. The lowest BCUT2D eigenvalue weighted by atomic mass is 10.1. The van der Waals surface area contributed by atoms with Crippen LogP contribution in [0.3, 0.4) is 0 Å². The molecule has 1 aromatic carbocycles. The summed E-state index contributed by atoms with van der Waals surface area (Å²) in [5.74, 6) is -0.175.